The van der Waals surface area contributed by atoms with Crippen LogP contribution in [0.1, 0.15) is 17.2 Å². The fraction of sp³-hybridized carbons (Fsp3) is 0.269. The smallest absolute Gasteiger partial charge is 0.322 e. The normalized spacial score (nSPS) is 14.4. The molecule has 1 saturated heterocycles. The minimum absolute atomic E-state index is 0.196. The lowest BCUT2D eigenvalue weighted by atomic mass is 10.0. The van der Waals surface area contributed by atoms with Crippen LogP contribution in [0.25, 0.3) is 0 Å². The van der Waals surface area contributed by atoms with Crippen LogP contribution < -0.4 is 5.32 Å². The van der Waals surface area contributed by atoms with E-state index in [1.165, 1.54) is 24.3 Å². The number of urea groups is 1. The lowest BCUT2D eigenvalue weighted by Crippen LogP contribution is -2.50. The highest BCUT2D eigenvalue weighted by molar-refractivity contribution is 5.89. The van der Waals surface area contributed by atoms with Gasteiger partial charge in [-0.3, -0.25) is 4.90 Å². The van der Waals surface area contributed by atoms with Crippen LogP contribution in [0.4, 0.5) is 28.0 Å². The molecule has 3 aromatic rings. The number of carbonyl (C=O) groups excluding carboxylic acids is 1. The molecule has 0 spiro atoms. The van der Waals surface area contributed by atoms with Crippen molar-refractivity contribution in [3.63, 3.8) is 0 Å². The minimum Gasteiger partial charge on any atom is -0.367 e. The molecule has 0 saturated carbocycles. The van der Waals surface area contributed by atoms with Crippen LogP contribution in [-0.4, -0.2) is 55.2 Å². The van der Waals surface area contributed by atoms with Gasteiger partial charge in [-0.2, -0.15) is 0 Å². The number of hydrogen-bond donors (Lipinski definition) is 1. The van der Waals surface area contributed by atoms with Crippen molar-refractivity contribution in [1.82, 2.24) is 9.80 Å². The molecule has 0 radical (unpaired) electrons. The number of amides is 2. The second kappa shape index (κ2) is 11.3. The quantitative estimate of drug-likeness (QED) is 0.466. The first-order valence-corrected chi connectivity index (χ1v) is 11.2. The van der Waals surface area contributed by atoms with Gasteiger partial charge in [0.25, 0.3) is 0 Å². The molecule has 0 atom stereocenters. The van der Waals surface area contributed by atoms with Gasteiger partial charge >= 0.3 is 6.03 Å². The minimum atomic E-state index is -0.701. The maximum atomic E-state index is 13.8. The topological polar surface area (TPSA) is 44.8 Å². The lowest BCUT2D eigenvalue weighted by Gasteiger charge is -2.34. The molecule has 3 aromatic carbocycles. The number of hydrogen-bond acceptors (Lipinski definition) is 3. The van der Waals surface area contributed by atoms with E-state index in [-0.39, 0.29) is 17.3 Å². The summed E-state index contributed by atoms with van der Waals surface area (Å²) >= 11 is 0. The maximum Gasteiger partial charge on any atom is 0.322 e. The molecule has 184 valence electrons. The Morgan fingerprint density at radius 2 is 1.34 bits per heavy atom. The molecule has 0 unspecified atom stereocenters. The van der Waals surface area contributed by atoms with Crippen LogP contribution >= 0.6 is 0 Å². The first-order chi connectivity index (χ1) is 16.9. The molecule has 1 aliphatic rings. The lowest BCUT2D eigenvalue weighted by molar-refractivity contribution is 0.0498. The number of ether oxygens (including phenoxy) is 1. The Labute approximate surface area is 200 Å². The van der Waals surface area contributed by atoms with Crippen molar-refractivity contribution >= 4 is 11.7 Å². The molecule has 0 aromatic heterocycles. The van der Waals surface area contributed by atoms with Crippen molar-refractivity contribution in [1.29, 1.82) is 0 Å². The molecule has 1 aliphatic heterocycles. The van der Waals surface area contributed by atoms with Crippen LogP contribution in [0.15, 0.2) is 66.7 Å². The zero-order valence-corrected chi connectivity index (χ0v) is 18.9. The molecule has 4 rings (SSSR count). The van der Waals surface area contributed by atoms with Gasteiger partial charge in [0.05, 0.1) is 12.3 Å². The molecule has 0 aliphatic carbocycles. The second-order valence-electron chi connectivity index (χ2n) is 8.24. The summed E-state index contributed by atoms with van der Waals surface area (Å²) in [4.78, 5) is 16.1. The monoisotopic (exact) mass is 487 g/mol. The Bertz CT molecular complexity index is 1090. The van der Waals surface area contributed by atoms with Gasteiger partial charge in [0.1, 0.15) is 29.4 Å². The highest BCUT2D eigenvalue weighted by atomic mass is 19.1. The summed E-state index contributed by atoms with van der Waals surface area (Å²) in [6.45, 7) is 2.96. The zero-order valence-electron chi connectivity index (χ0n) is 18.9. The fourth-order valence-corrected chi connectivity index (χ4v) is 3.92. The predicted molar refractivity (Wildman–Crippen MR) is 124 cm³/mol. The molecule has 5 nitrogen and oxygen atoms in total. The van der Waals surface area contributed by atoms with Gasteiger partial charge in [-0.1, -0.05) is 24.3 Å². The van der Waals surface area contributed by atoms with E-state index in [4.69, 9.17) is 4.74 Å². The molecule has 1 fully saturated rings. The van der Waals surface area contributed by atoms with Crippen molar-refractivity contribution in [3.8, 4) is 0 Å². The van der Waals surface area contributed by atoms with Gasteiger partial charge < -0.3 is 15.0 Å². The van der Waals surface area contributed by atoms with Crippen molar-refractivity contribution in [2.45, 2.75) is 6.10 Å². The molecule has 0 bridgehead atoms. The second-order valence-corrected chi connectivity index (χ2v) is 8.24. The zero-order chi connectivity index (χ0) is 24.8. The third-order valence-corrected chi connectivity index (χ3v) is 5.87. The molecule has 2 amide bonds. The van der Waals surface area contributed by atoms with Gasteiger partial charge in [-0.15, -0.1) is 0 Å². The Hall–Kier alpha value is -3.43. The molecule has 1 N–H and O–H groups in total. The van der Waals surface area contributed by atoms with E-state index >= 15 is 0 Å². The molecule has 9 heteroatoms. The van der Waals surface area contributed by atoms with Crippen molar-refractivity contribution in [2.24, 2.45) is 0 Å². The number of halogens is 4. The average molecular weight is 487 g/mol. The van der Waals surface area contributed by atoms with Crippen LogP contribution in [0.5, 0.6) is 0 Å². The van der Waals surface area contributed by atoms with E-state index in [0.717, 1.165) is 29.3 Å². The Morgan fingerprint density at radius 3 is 1.91 bits per heavy atom. The van der Waals surface area contributed by atoms with Crippen molar-refractivity contribution in [3.05, 3.63) is 101 Å². The van der Waals surface area contributed by atoms with Crippen LogP contribution in [0.3, 0.4) is 0 Å². The number of piperazine rings is 1. The van der Waals surface area contributed by atoms with Crippen molar-refractivity contribution < 1.29 is 27.1 Å². The van der Waals surface area contributed by atoms with E-state index in [9.17, 15) is 22.4 Å². The Kier molecular flexibility index (Phi) is 7.99. The predicted octanol–water partition coefficient (Wildman–Crippen LogP) is 5.20. The third-order valence-electron chi connectivity index (χ3n) is 5.87. The number of benzene rings is 3. The number of nitrogens with one attached hydrogen (secondary N) is 1. The van der Waals surface area contributed by atoms with Gasteiger partial charge in [-0.05, 0) is 47.5 Å². The number of carbonyl (C=O) groups is 1. The highest BCUT2D eigenvalue weighted by Gasteiger charge is 2.23. The SMILES string of the molecule is O=C(Nc1cc(F)ccc1F)N1CCN(CCOC(c2ccc(F)cc2)c2ccc(F)cc2)CC1. The van der Waals surface area contributed by atoms with E-state index < -0.39 is 23.8 Å². The molecule has 1 heterocycles. The summed E-state index contributed by atoms with van der Waals surface area (Å²) in [6.07, 6.45) is -0.482. The standard InChI is InChI=1S/C26H25F4N3O2/c27-20-5-1-18(2-6-20)25(19-3-7-21(28)8-4-19)35-16-15-32-11-13-33(14-12-32)26(34)31-24-17-22(29)9-10-23(24)30/h1-10,17,25H,11-16H2,(H,31,34). The van der Waals surface area contributed by atoms with Gasteiger partial charge in [0.15, 0.2) is 0 Å². The summed E-state index contributed by atoms with van der Waals surface area (Å²) in [5.74, 6) is -2.04. The van der Waals surface area contributed by atoms with E-state index in [1.54, 1.807) is 29.2 Å². The summed E-state index contributed by atoms with van der Waals surface area (Å²) in [5.41, 5.74) is 1.31. The molecular formula is C26H25F4N3O2. The Morgan fingerprint density at radius 1 is 0.800 bits per heavy atom. The first-order valence-electron chi connectivity index (χ1n) is 11.2. The van der Waals surface area contributed by atoms with E-state index in [0.29, 0.717) is 39.3 Å². The van der Waals surface area contributed by atoms with Gasteiger partial charge in [0.2, 0.25) is 0 Å². The van der Waals surface area contributed by atoms with Crippen molar-refractivity contribution in [2.75, 3.05) is 44.6 Å². The fourth-order valence-electron chi connectivity index (χ4n) is 3.92. The highest BCUT2D eigenvalue weighted by Crippen LogP contribution is 2.26. The number of nitrogens with zero attached hydrogens (tertiary/aromatic N) is 2. The van der Waals surface area contributed by atoms with E-state index in [2.05, 4.69) is 10.2 Å². The average Bonchev–Trinajstić information content (AvgIpc) is 2.86. The number of anilines is 1. The van der Waals surface area contributed by atoms with Crippen LogP contribution in [-0.2, 0) is 4.74 Å². The third kappa shape index (κ3) is 6.58. The summed E-state index contributed by atoms with van der Waals surface area (Å²) < 4.78 is 60.0. The summed E-state index contributed by atoms with van der Waals surface area (Å²) in [6, 6.07) is 14.4. The first kappa shape index (κ1) is 24.7. The van der Waals surface area contributed by atoms with E-state index in [1.807, 2.05) is 0 Å². The van der Waals surface area contributed by atoms with Gasteiger partial charge in [-0.25, -0.2) is 22.4 Å². The maximum absolute atomic E-state index is 13.8. The molecular weight excluding hydrogens is 462 g/mol. The largest absolute Gasteiger partial charge is 0.367 e. The van der Waals surface area contributed by atoms with Gasteiger partial charge in [0, 0.05) is 38.8 Å². The Balaban J connectivity index is 1.29. The summed E-state index contributed by atoms with van der Waals surface area (Å²) in [5, 5.41) is 2.41. The molecule has 35 heavy (non-hydrogen) atoms. The van der Waals surface area contributed by atoms with Crippen LogP contribution in [0, 0.1) is 23.3 Å². The summed E-state index contributed by atoms with van der Waals surface area (Å²) in [7, 11) is 0. The number of rotatable bonds is 7. The van der Waals surface area contributed by atoms with Crippen LogP contribution in [0.2, 0.25) is 0 Å².